The van der Waals surface area contributed by atoms with Crippen LogP contribution in [0.2, 0.25) is 0 Å². The van der Waals surface area contributed by atoms with Gasteiger partial charge in [-0.3, -0.25) is 4.68 Å². The number of aromatic nitrogens is 4. The molecule has 1 fully saturated rings. The van der Waals surface area contributed by atoms with Gasteiger partial charge in [-0.15, -0.1) is 0 Å². The van der Waals surface area contributed by atoms with E-state index in [1.807, 2.05) is 36.7 Å². The Balaban J connectivity index is 1.31. The van der Waals surface area contributed by atoms with E-state index >= 15 is 0 Å². The number of hydrogen-bond acceptors (Lipinski definition) is 5. The van der Waals surface area contributed by atoms with E-state index < -0.39 is 10.0 Å². The Morgan fingerprint density at radius 3 is 2.56 bits per heavy atom. The van der Waals surface area contributed by atoms with E-state index in [2.05, 4.69) is 20.2 Å². The van der Waals surface area contributed by atoms with Gasteiger partial charge in [-0.25, -0.2) is 22.2 Å². The molecule has 2 aromatic heterocycles. The van der Waals surface area contributed by atoms with Gasteiger partial charge in [-0.1, -0.05) is 18.9 Å². The second-order valence-electron chi connectivity index (χ2n) is 9.56. The molecule has 2 heterocycles. The average molecular weight is 511 g/mol. The summed E-state index contributed by atoms with van der Waals surface area (Å²) in [5.74, 6) is -0.301. The highest BCUT2D eigenvalue weighted by molar-refractivity contribution is 7.89. The number of benzene rings is 2. The smallest absolute Gasteiger partial charge is 0.244 e. The van der Waals surface area contributed by atoms with E-state index in [-0.39, 0.29) is 22.8 Å². The molecule has 1 atom stereocenters. The molecule has 0 bridgehead atoms. The quantitative estimate of drug-likeness (QED) is 0.353. The van der Waals surface area contributed by atoms with Crippen molar-refractivity contribution in [1.29, 1.82) is 0 Å². The summed E-state index contributed by atoms with van der Waals surface area (Å²) in [6.45, 7) is 5.82. The van der Waals surface area contributed by atoms with Crippen molar-refractivity contribution in [2.45, 2.75) is 63.4 Å². The Labute approximate surface area is 210 Å². The molecule has 0 radical (unpaired) electrons. The lowest BCUT2D eigenvalue weighted by atomic mass is 10.2. The highest BCUT2D eigenvalue weighted by Gasteiger charge is 2.29. The minimum atomic E-state index is -3.73. The molecule has 0 unspecified atom stereocenters. The Morgan fingerprint density at radius 1 is 1.11 bits per heavy atom. The topological polar surface area (TPSA) is 93.8 Å². The second kappa shape index (κ2) is 9.67. The van der Waals surface area contributed by atoms with Crippen LogP contribution in [0.4, 0.5) is 10.1 Å². The van der Waals surface area contributed by atoms with Crippen LogP contribution in [0.5, 0.6) is 0 Å². The summed E-state index contributed by atoms with van der Waals surface area (Å²) in [6, 6.07) is 11.9. The lowest BCUT2D eigenvalue weighted by molar-refractivity contribution is 0.453. The molecule has 2 aromatic carbocycles. The summed E-state index contributed by atoms with van der Waals surface area (Å²) in [6.07, 6.45) is 6.14. The number of halogens is 1. The van der Waals surface area contributed by atoms with E-state index in [0.717, 1.165) is 48.0 Å². The lowest BCUT2D eigenvalue weighted by Crippen LogP contribution is -2.37. The Hall–Kier alpha value is -3.24. The molecule has 2 N–H and O–H groups in total. The molecule has 0 aliphatic heterocycles. The molecule has 190 valence electrons. The van der Waals surface area contributed by atoms with Crippen LogP contribution in [-0.4, -0.2) is 40.6 Å². The summed E-state index contributed by atoms with van der Waals surface area (Å²) < 4.78 is 46.4. The van der Waals surface area contributed by atoms with Crippen LogP contribution in [-0.2, 0) is 10.0 Å². The molecule has 1 aliphatic rings. The second-order valence-corrected chi connectivity index (χ2v) is 11.2. The maximum atomic E-state index is 13.3. The summed E-state index contributed by atoms with van der Waals surface area (Å²) >= 11 is 0. The fourth-order valence-electron chi connectivity index (χ4n) is 5.16. The molecule has 36 heavy (non-hydrogen) atoms. The van der Waals surface area contributed by atoms with Crippen molar-refractivity contribution >= 4 is 26.6 Å². The van der Waals surface area contributed by atoms with Crippen molar-refractivity contribution in [3.05, 3.63) is 65.9 Å². The molecule has 0 saturated heterocycles. The van der Waals surface area contributed by atoms with Crippen LogP contribution in [0.25, 0.3) is 16.6 Å². The maximum absolute atomic E-state index is 13.3. The summed E-state index contributed by atoms with van der Waals surface area (Å²) in [5, 5.41) is 13.3. The van der Waals surface area contributed by atoms with Gasteiger partial charge in [-0.05, 0) is 70.0 Å². The predicted molar refractivity (Wildman–Crippen MR) is 139 cm³/mol. The van der Waals surface area contributed by atoms with Crippen LogP contribution in [0.1, 0.15) is 50.0 Å². The summed E-state index contributed by atoms with van der Waals surface area (Å²) in [4.78, 5) is 0.281. The monoisotopic (exact) mass is 510 g/mol. The summed E-state index contributed by atoms with van der Waals surface area (Å²) in [7, 11) is -3.73. The molecule has 5 rings (SSSR count). The van der Waals surface area contributed by atoms with Crippen molar-refractivity contribution in [3.63, 3.8) is 0 Å². The van der Waals surface area contributed by atoms with Crippen LogP contribution < -0.4 is 10.0 Å². The van der Waals surface area contributed by atoms with Gasteiger partial charge in [0, 0.05) is 23.7 Å². The van der Waals surface area contributed by atoms with Crippen molar-refractivity contribution in [1.82, 2.24) is 24.3 Å². The average Bonchev–Trinajstić information content (AvgIpc) is 3.57. The van der Waals surface area contributed by atoms with E-state index in [9.17, 15) is 12.8 Å². The van der Waals surface area contributed by atoms with Crippen LogP contribution >= 0.6 is 0 Å². The molecule has 10 heteroatoms. The first kappa shape index (κ1) is 24.5. The van der Waals surface area contributed by atoms with Crippen LogP contribution in [0.3, 0.4) is 0 Å². The van der Waals surface area contributed by atoms with Crippen molar-refractivity contribution in [2.24, 2.45) is 0 Å². The van der Waals surface area contributed by atoms with Gasteiger partial charge in [0.2, 0.25) is 10.0 Å². The number of nitrogens with zero attached hydrogens (tertiary/aromatic N) is 4. The maximum Gasteiger partial charge on any atom is 0.244 e. The van der Waals surface area contributed by atoms with Crippen LogP contribution in [0, 0.1) is 19.7 Å². The van der Waals surface area contributed by atoms with Gasteiger partial charge in [0.1, 0.15) is 10.7 Å². The highest BCUT2D eigenvalue weighted by Crippen LogP contribution is 2.32. The Bertz CT molecular complexity index is 1490. The minimum Gasteiger partial charge on any atom is -0.383 e. The molecular weight excluding hydrogens is 479 g/mol. The molecular formula is C26H31FN6O2S. The van der Waals surface area contributed by atoms with Gasteiger partial charge in [0.15, 0.2) is 0 Å². The molecule has 8 nitrogen and oxygen atoms in total. The number of fused-ring (bicyclic) bond motifs is 1. The Morgan fingerprint density at radius 2 is 1.83 bits per heavy atom. The van der Waals surface area contributed by atoms with Crippen molar-refractivity contribution < 1.29 is 12.8 Å². The third-order valence-electron chi connectivity index (χ3n) is 6.84. The number of anilines is 1. The van der Waals surface area contributed by atoms with Crippen molar-refractivity contribution in [3.8, 4) is 5.69 Å². The number of hydrogen-bond donors (Lipinski definition) is 2. The van der Waals surface area contributed by atoms with Gasteiger partial charge in [0.25, 0.3) is 0 Å². The fraction of sp³-hybridized carbons (Fsp3) is 0.385. The largest absolute Gasteiger partial charge is 0.383 e. The van der Waals surface area contributed by atoms with Gasteiger partial charge >= 0.3 is 0 Å². The first-order chi connectivity index (χ1) is 17.2. The SMILES string of the molecule is Cc1nn(C2CCCC2)c(C)c1S(=O)(=O)N[C@@H](C)CNc1cccc2c1cnn2-c1ccc(F)cc1. The van der Waals surface area contributed by atoms with Crippen LogP contribution in [0.15, 0.2) is 53.6 Å². The van der Waals surface area contributed by atoms with E-state index in [4.69, 9.17) is 0 Å². The Kier molecular flexibility index (Phi) is 6.57. The molecule has 1 aliphatic carbocycles. The molecule has 0 spiro atoms. The number of rotatable bonds is 8. The first-order valence-electron chi connectivity index (χ1n) is 12.3. The first-order valence-corrected chi connectivity index (χ1v) is 13.8. The fourth-order valence-corrected chi connectivity index (χ4v) is 6.81. The van der Waals surface area contributed by atoms with Gasteiger partial charge < -0.3 is 5.32 Å². The van der Waals surface area contributed by atoms with E-state index in [1.54, 1.807) is 29.9 Å². The standard InChI is InChI=1S/C26H31FN6O2S/c1-17(31-36(34,35)26-18(2)30-32(19(26)3)21-7-4-5-8-21)15-28-24-9-6-10-25-23(24)16-29-33(25)22-13-11-20(27)12-14-22/h6,9-14,16-17,21,28,31H,4-5,7-8,15H2,1-3H3/t17-/m0/s1. The van der Waals surface area contributed by atoms with E-state index in [0.29, 0.717) is 17.9 Å². The zero-order chi connectivity index (χ0) is 25.4. The van der Waals surface area contributed by atoms with Crippen molar-refractivity contribution in [2.75, 3.05) is 11.9 Å². The lowest BCUT2D eigenvalue weighted by Gasteiger charge is -2.17. The molecule has 1 saturated carbocycles. The zero-order valence-electron chi connectivity index (χ0n) is 20.7. The van der Waals surface area contributed by atoms with Gasteiger partial charge in [-0.2, -0.15) is 10.2 Å². The molecule has 0 amide bonds. The minimum absolute atomic E-state index is 0.281. The highest BCUT2D eigenvalue weighted by atomic mass is 32.2. The number of sulfonamides is 1. The van der Waals surface area contributed by atoms with Gasteiger partial charge in [0.05, 0.1) is 34.8 Å². The third kappa shape index (κ3) is 4.62. The molecule has 4 aromatic rings. The zero-order valence-corrected chi connectivity index (χ0v) is 21.5. The normalized spacial score (nSPS) is 15.6. The van der Waals surface area contributed by atoms with E-state index in [1.165, 1.54) is 12.1 Å². The number of nitrogens with one attached hydrogen (secondary N) is 2. The predicted octanol–water partition coefficient (Wildman–Crippen LogP) is 4.87. The third-order valence-corrected chi connectivity index (χ3v) is 8.68. The number of aryl methyl sites for hydroxylation is 1. The summed E-state index contributed by atoms with van der Waals surface area (Å²) in [5.41, 5.74) is 3.70.